The summed E-state index contributed by atoms with van der Waals surface area (Å²) in [7, 11) is 0. The number of hydrogen-bond donors (Lipinski definition) is 1. The van der Waals surface area contributed by atoms with Crippen LogP contribution in [0.5, 0.6) is 0 Å². The van der Waals surface area contributed by atoms with Crippen LogP contribution in [-0.4, -0.2) is 23.3 Å². The van der Waals surface area contributed by atoms with Crippen LogP contribution in [0.25, 0.3) is 0 Å². The monoisotopic (exact) mass is 230 g/mol. The number of nitrogens with one attached hydrogen (secondary N) is 1. The van der Waals surface area contributed by atoms with Gasteiger partial charge in [-0.2, -0.15) is 0 Å². The fourth-order valence-electron chi connectivity index (χ4n) is 1.52. The van der Waals surface area contributed by atoms with Gasteiger partial charge in [-0.3, -0.25) is 4.98 Å². The summed E-state index contributed by atoms with van der Waals surface area (Å²) in [6.07, 6.45) is 6.30. The van der Waals surface area contributed by atoms with Crippen LogP contribution in [0.4, 0.5) is 0 Å². The van der Waals surface area contributed by atoms with Gasteiger partial charge in [-0.15, -0.1) is 24.2 Å². The highest BCUT2D eigenvalue weighted by molar-refractivity contribution is 8.00. The fourth-order valence-corrected chi connectivity index (χ4v) is 2.66. The fraction of sp³-hybridized carbons (Fsp3) is 0.500. The van der Waals surface area contributed by atoms with E-state index in [1.807, 2.05) is 24.2 Å². The van der Waals surface area contributed by atoms with Gasteiger partial charge in [0.25, 0.3) is 0 Å². The smallest absolute Gasteiger partial charge is 0.0278 e. The number of aromatic nitrogens is 1. The van der Waals surface area contributed by atoms with Gasteiger partial charge in [0, 0.05) is 22.5 Å². The van der Waals surface area contributed by atoms with Crippen LogP contribution in [0.1, 0.15) is 12.8 Å². The van der Waals surface area contributed by atoms with E-state index in [9.17, 15) is 0 Å². The molecule has 0 amide bonds. The first-order chi connectivity index (χ1) is 6.45. The Morgan fingerprint density at radius 2 is 1.86 bits per heavy atom. The van der Waals surface area contributed by atoms with Gasteiger partial charge in [0.05, 0.1) is 0 Å². The molecule has 1 saturated heterocycles. The molecule has 0 bridgehead atoms. The zero-order chi connectivity index (χ0) is 8.93. The average Bonchev–Trinajstić information content (AvgIpc) is 2.21. The lowest BCUT2D eigenvalue weighted by molar-refractivity contribution is 0.531. The lowest BCUT2D eigenvalue weighted by atomic mass is 10.2. The number of nitrogens with zero attached hydrogens (tertiary/aromatic N) is 1. The summed E-state index contributed by atoms with van der Waals surface area (Å²) in [6.45, 7) is 2.34. The molecule has 2 nitrogen and oxygen atoms in total. The molecule has 4 heteroatoms. The van der Waals surface area contributed by atoms with Crippen molar-refractivity contribution in [3.8, 4) is 0 Å². The van der Waals surface area contributed by atoms with Crippen LogP contribution in [-0.2, 0) is 0 Å². The van der Waals surface area contributed by atoms with Crippen LogP contribution in [0.15, 0.2) is 29.4 Å². The highest BCUT2D eigenvalue weighted by atomic mass is 35.5. The highest BCUT2D eigenvalue weighted by Crippen LogP contribution is 2.27. The van der Waals surface area contributed by atoms with E-state index in [4.69, 9.17) is 0 Å². The third kappa shape index (κ3) is 3.48. The van der Waals surface area contributed by atoms with Crippen LogP contribution in [0.2, 0.25) is 0 Å². The van der Waals surface area contributed by atoms with E-state index < -0.39 is 0 Å². The van der Waals surface area contributed by atoms with Gasteiger partial charge in [-0.1, -0.05) is 0 Å². The zero-order valence-corrected chi connectivity index (χ0v) is 9.61. The molecular weight excluding hydrogens is 216 g/mol. The van der Waals surface area contributed by atoms with Crippen molar-refractivity contribution in [2.24, 2.45) is 0 Å². The lowest BCUT2D eigenvalue weighted by Gasteiger charge is -2.21. The predicted molar refractivity (Wildman–Crippen MR) is 63.2 cm³/mol. The second kappa shape index (κ2) is 6.27. The molecule has 1 aromatic heterocycles. The van der Waals surface area contributed by atoms with Crippen molar-refractivity contribution in [1.29, 1.82) is 0 Å². The zero-order valence-electron chi connectivity index (χ0n) is 7.98. The molecule has 2 rings (SSSR count). The number of thioether (sulfide) groups is 1. The van der Waals surface area contributed by atoms with E-state index in [2.05, 4.69) is 22.4 Å². The number of rotatable bonds is 2. The SMILES string of the molecule is Cl.c1cc(SC2CCNCC2)ccn1. The van der Waals surface area contributed by atoms with E-state index in [1.54, 1.807) is 0 Å². The molecule has 0 aliphatic carbocycles. The Morgan fingerprint density at radius 3 is 2.50 bits per heavy atom. The number of halogens is 1. The third-order valence-electron chi connectivity index (χ3n) is 2.24. The minimum atomic E-state index is 0. The van der Waals surface area contributed by atoms with E-state index >= 15 is 0 Å². The molecule has 0 saturated carbocycles. The molecule has 0 unspecified atom stereocenters. The first kappa shape index (κ1) is 11.8. The van der Waals surface area contributed by atoms with Gasteiger partial charge in [-0.05, 0) is 38.1 Å². The van der Waals surface area contributed by atoms with Crippen molar-refractivity contribution in [2.45, 2.75) is 23.0 Å². The van der Waals surface area contributed by atoms with Gasteiger partial charge in [-0.25, -0.2) is 0 Å². The molecule has 78 valence electrons. The molecule has 0 spiro atoms. The van der Waals surface area contributed by atoms with Crippen LogP contribution in [0.3, 0.4) is 0 Å². The number of hydrogen-bond acceptors (Lipinski definition) is 3. The molecular formula is C10H15ClN2S. The molecule has 2 heterocycles. The summed E-state index contributed by atoms with van der Waals surface area (Å²) < 4.78 is 0. The van der Waals surface area contributed by atoms with Crippen molar-refractivity contribution in [3.63, 3.8) is 0 Å². The van der Waals surface area contributed by atoms with Crippen molar-refractivity contribution < 1.29 is 0 Å². The van der Waals surface area contributed by atoms with Gasteiger partial charge >= 0.3 is 0 Å². The van der Waals surface area contributed by atoms with E-state index in [1.165, 1.54) is 30.8 Å². The maximum absolute atomic E-state index is 4.01. The predicted octanol–water partition coefficient (Wildman–Crippen LogP) is 2.35. The summed E-state index contributed by atoms with van der Waals surface area (Å²) in [6, 6.07) is 4.18. The van der Waals surface area contributed by atoms with Gasteiger partial charge in [0.15, 0.2) is 0 Å². The molecule has 1 N–H and O–H groups in total. The van der Waals surface area contributed by atoms with Crippen molar-refractivity contribution >= 4 is 24.2 Å². The van der Waals surface area contributed by atoms with Crippen LogP contribution < -0.4 is 5.32 Å². The van der Waals surface area contributed by atoms with Gasteiger partial charge in [0.2, 0.25) is 0 Å². The van der Waals surface area contributed by atoms with Gasteiger partial charge < -0.3 is 5.32 Å². The highest BCUT2D eigenvalue weighted by Gasteiger charge is 2.13. The average molecular weight is 231 g/mol. The molecule has 0 radical (unpaired) electrons. The molecule has 1 fully saturated rings. The molecule has 1 aliphatic rings. The largest absolute Gasteiger partial charge is 0.317 e. The quantitative estimate of drug-likeness (QED) is 0.845. The Labute approximate surface area is 95.3 Å². The standard InChI is InChI=1S/C10H14N2S.ClH/c1-5-11-6-2-9(1)13-10-3-7-12-8-4-10;/h1-2,5-6,10,12H,3-4,7-8H2;1H. The second-order valence-electron chi connectivity index (χ2n) is 3.25. The summed E-state index contributed by atoms with van der Waals surface area (Å²) in [4.78, 5) is 5.36. The second-order valence-corrected chi connectivity index (χ2v) is 4.62. The number of piperidine rings is 1. The minimum Gasteiger partial charge on any atom is -0.317 e. The normalized spacial score (nSPS) is 17.4. The first-order valence-corrected chi connectivity index (χ1v) is 5.60. The Morgan fingerprint density at radius 1 is 1.21 bits per heavy atom. The van der Waals surface area contributed by atoms with Crippen LogP contribution in [0, 0.1) is 0 Å². The van der Waals surface area contributed by atoms with Crippen LogP contribution >= 0.6 is 24.2 Å². The van der Waals surface area contributed by atoms with E-state index in [0.717, 1.165) is 5.25 Å². The van der Waals surface area contributed by atoms with E-state index in [0.29, 0.717) is 0 Å². The Kier molecular flexibility index (Phi) is 5.30. The lowest BCUT2D eigenvalue weighted by Crippen LogP contribution is -2.29. The summed E-state index contributed by atoms with van der Waals surface area (Å²) in [5.74, 6) is 0. The third-order valence-corrected chi connectivity index (χ3v) is 3.59. The molecule has 14 heavy (non-hydrogen) atoms. The number of pyridine rings is 1. The Hall–Kier alpha value is -0.250. The molecule has 0 aromatic carbocycles. The summed E-state index contributed by atoms with van der Waals surface area (Å²) in [5.41, 5.74) is 0. The maximum atomic E-state index is 4.01. The van der Waals surface area contributed by atoms with Crippen molar-refractivity contribution in [1.82, 2.24) is 10.3 Å². The first-order valence-electron chi connectivity index (χ1n) is 4.72. The molecule has 1 aliphatic heterocycles. The minimum absolute atomic E-state index is 0. The van der Waals surface area contributed by atoms with Crippen molar-refractivity contribution in [2.75, 3.05) is 13.1 Å². The summed E-state index contributed by atoms with van der Waals surface area (Å²) in [5, 5.41) is 4.17. The Bertz CT molecular complexity index is 250. The van der Waals surface area contributed by atoms with E-state index in [-0.39, 0.29) is 12.4 Å². The Balaban J connectivity index is 0.000000980. The van der Waals surface area contributed by atoms with Gasteiger partial charge in [0.1, 0.15) is 0 Å². The maximum Gasteiger partial charge on any atom is 0.0278 e. The summed E-state index contributed by atoms with van der Waals surface area (Å²) >= 11 is 1.98. The van der Waals surface area contributed by atoms with Crippen molar-refractivity contribution in [3.05, 3.63) is 24.5 Å². The topological polar surface area (TPSA) is 24.9 Å². The molecule has 0 atom stereocenters. The molecule has 1 aromatic rings.